The van der Waals surface area contributed by atoms with Gasteiger partial charge in [0, 0.05) is 5.69 Å². The van der Waals surface area contributed by atoms with Crippen LogP contribution in [0, 0.1) is 0 Å². The van der Waals surface area contributed by atoms with E-state index in [0.717, 1.165) is 5.69 Å². The maximum Gasteiger partial charge on any atom is 0.328 e. The van der Waals surface area contributed by atoms with E-state index in [1.54, 1.807) is 0 Å². The second-order valence-electron chi connectivity index (χ2n) is 4.26. The van der Waals surface area contributed by atoms with Gasteiger partial charge in [0.1, 0.15) is 5.56 Å². The molecule has 0 saturated heterocycles. The number of nitrogens with one attached hydrogen (secondary N) is 4. The first kappa shape index (κ1) is 15.4. The van der Waals surface area contributed by atoms with Crippen LogP contribution in [0.1, 0.15) is 12.5 Å². The largest absolute Gasteiger partial charge is 0.494 e. The number of aromatic nitrogens is 2. The number of benzene rings is 1. The van der Waals surface area contributed by atoms with E-state index < -0.39 is 17.1 Å². The van der Waals surface area contributed by atoms with Crippen LogP contribution in [0.2, 0.25) is 0 Å². The van der Waals surface area contributed by atoms with Crippen LogP contribution in [-0.4, -0.2) is 25.9 Å². The fraction of sp³-hybridized carbons (Fsp3) is 0.0769. The molecule has 1 aromatic heterocycles. The second-order valence-corrected chi connectivity index (χ2v) is 4.67. The molecule has 0 saturated carbocycles. The molecule has 2 aromatic rings. The number of H-pyrrole nitrogens is 2. The van der Waals surface area contributed by atoms with Gasteiger partial charge in [-0.2, -0.15) is 5.10 Å². The van der Waals surface area contributed by atoms with E-state index in [1.807, 2.05) is 35.3 Å². The number of nitrogens with zero attached hydrogens (tertiary/aromatic N) is 1. The number of aromatic amines is 2. The quantitative estimate of drug-likeness (QED) is 0.319. The molecule has 0 aliphatic rings. The summed E-state index contributed by atoms with van der Waals surface area (Å²) in [6, 6.07) is 9.20. The maximum atomic E-state index is 11.6. The lowest BCUT2D eigenvalue weighted by molar-refractivity contribution is 0.447. The van der Waals surface area contributed by atoms with Gasteiger partial charge in [-0.3, -0.25) is 20.2 Å². The van der Waals surface area contributed by atoms with Gasteiger partial charge in [-0.05, 0) is 31.3 Å². The van der Waals surface area contributed by atoms with E-state index in [1.165, 1.54) is 6.92 Å². The summed E-state index contributed by atoms with van der Waals surface area (Å²) >= 11 is 5.06. The molecule has 22 heavy (non-hydrogen) atoms. The molecule has 114 valence electrons. The topological polar surface area (TPSA) is 122 Å². The Balaban J connectivity index is 2.12. The minimum absolute atomic E-state index is 0.144. The summed E-state index contributed by atoms with van der Waals surface area (Å²) in [7, 11) is 0. The SMILES string of the molecule is C/C(=N\NC(=S)Nc1ccccc1)c1c(O)[nH]c(=O)[nH]c1=O. The van der Waals surface area contributed by atoms with Crippen molar-refractivity contribution in [2.24, 2.45) is 5.10 Å². The Hall–Kier alpha value is -2.94. The van der Waals surface area contributed by atoms with Gasteiger partial charge in [0.15, 0.2) is 5.11 Å². The predicted octanol–water partition coefficient (Wildman–Crippen LogP) is 0.479. The molecule has 0 fully saturated rings. The van der Waals surface area contributed by atoms with Crippen molar-refractivity contribution in [1.29, 1.82) is 0 Å². The van der Waals surface area contributed by atoms with Crippen molar-refractivity contribution in [3.63, 3.8) is 0 Å². The van der Waals surface area contributed by atoms with Gasteiger partial charge in [-0.1, -0.05) is 18.2 Å². The monoisotopic (exact) mass is 319 g/mol. The van der Waals surface area contributed by atoms with E-state index in [-0.39, 0.29) is 16.4 Å². The van der Waals surface area contributed by atoms with Gasteiger partial charge < -0.3 is 10.4 Å². The van der Waals surface area contributed by atoms with Crippen molar-refractivity contribution >= 4 is 28.7 Å². The fourth-order valence-electron chi connectivity index (χ4n) is 1.68. The zero-order valence-electron chi connectivity index (χ0n) is 11.5. The molecule has 0 radical (unpaired) electrons. The average molecular weight is 319 g/mol. The molecule has 0 spiro atoms. The van der Waals surface area contributed by atoms with Crippen molar-refractivity contribution in [2.75, 3.05) is 5.32 Å². The number of hydrogen-bond donors (Lipinski definition) is 5. The Kier molecular flexibility index (Phi) is 4.69. The summed E-state index contributed by atoms with van der Waals surface area (Å²) in [5, 5.41) is 16.6. The van der Waals surface area contributed by atoms with Gasteiger partial charge in [-0.15, -0.1) is 0 Å². The normalized spacial score (nSPS) is 11.0. The van der Waals surface area contributed by atoms with Gasteiger partial charge in [0.2, 0.25) is 5.88 Å². The van der Waals surface area contributed by atoms with Gasteiger partial charge >= 0.3 is 5.69 Å². The highest BCUT2D eigenvalue weighted by molar-refractivity contribution is 7.80. The number of thiocarbonyl (C=S) groups is 1. The van der Waals surface area contributed by atoms with Crippen LogP contribution >= 0.6 is 12.2 Å². The molecule has 0 bridgehead atoms. The number of para-hydroxylation sites is 1. The molecule has 0 amide bonds. The zero-order valence-corrected chi connectivity index (χ0v) is 12.3. The summed E-state index contributed by atoms with van der Waals surface area (Å²) < 4.78 is 0. The lowest BCUT2D eigenvalue weighted by atomic mass is 10.2. The van der Waals surface area contributed by atoms with Crippen LogP contribution < -0.4 is 22.0 Å². The van der Waals surface area contributed by atoms with Crippen LogP contribution in [0.5, 0.6) is 5.88 Å². The molecule has 0 aliphatic carbocycles. The number of anilines is 1. The highest BCUT2D eigenvalue weighted by Gasteiger charge is 2.11. The molecule has 2 rings (SSSR count). The molecule has 5 N–H and O–H groups in total. The Morgan fingerprint density at radius 2 is 1.91 bits per heavy atom. The Bertz CT molecular complexity index is 826. The van der Waals surface area contributed by atoms with E-state index in [0.29, 0.717) is 0 Å². The third-order valence-corrected chi connectivity index (χ3v) is 2.83. The van der Waals surface area contributed by atoms with E-state index in [2.05, 4.69) is 20.8 Å². The summed E-state index contributed by atoms with van der Waals surface area (Å²) in [5.41, 5.74) is 1.80. The Labute approximate surface area is 129 Å². The van der Waals surface area contributed by atoms with Crippen LogP contribution in [0.3, 0.4) is 0 Å². The van der Waals surface area contributed by atoms with E-state index in [4.69, 9.17) is 12.2 Å². The van der Waals surface area contributed by atoms with E-state index >= 15 is 0 Å². The molecule has 0 unspecified atom stereocenters. The van der Waals surface area contributed by atoms with Crippen molar-refractivity contribution in [1.82, 2.24) is 15.4 Å². The van der Waals surface area contributed by atoms with Crippen LogP contribution in [0.15, 0.2) is 45.0 Å². The van der Waals surface area contributed by atoms with Crippen molar-refractivity contribution in [3.8, 4) is 5.88 Å². The summed E-state index contributed by atoms with van der Waals surface area (Å²) in [6.07, 6.45) is 0. The molecular weight excluding hydrogens is 306 g/mol. The second kappa shape index (κ2) is 6.68. The Morgan fingerprint density at radius 1 is 1.23 bits per heavy atom. The lowest BCUT2D eigenvalue weighted by Crippen LogP contribution is -2.29. The average Bonchev–Trinajstić information content (AvgIpc) is 2.45. The van der Waals surface area contributed by atoms with Gasteiger partial charge in [0.05, 0.1) is 5.71 Å². The molecular formula is C13H13N5O3S. The third-order valence-electron chi connectivity index (χ3n) is 2.64. The molecule has 1 aromatic carbocycles. The standard InChI is InChI=1S/C13H13N5O3S/c1-7(9-10(19)15-12(21)16-11(9)20)17-18-13(22)14-8-5-3-2-4-6-8/h2-6H,1H3,(H2,14,18,22)(H3,15,16,19,20,21)/b17-7+. The third kappa shape index (κ3) is 3.79. The highest BCUT2D eigenvalue weighted by Crippen LogP contribution is 2.06. The molecule has 1 heterocycles. The minimum Gasteiger partial charge on any atom is -0.494 e. The van der Waals surface area contributed by atoms with Crippen LogP contribution in [-0.2, 0) is 0 Å². The van der Waals surface area contributed by atoms with Crippen LogP contribution in [0.4, 0.5) is 5.69 Å². The highest BCUT2D eigenvalue weighted by atomic mass is 32.1. The lowest BCUT2D eigenvalue weighted by Gasteiger charge is -2.08. The van der Waals surface area contributed by atoms with Crippen molar-refractivity contribution < 1.29 is 5.11 Å². The first-order chi connectivity index (χ1) is 10.5. The smallest absolute Gasteiger partial charge is 0.328 e. The maximum absolute atomic E-state index is 11.6. The molecule has 0 atom stereocenters. The Morgan fingerprint density at radius 3 is 2.55 bits per heavy atom. The first-order valence-electron chi connectivity index (χ1n) is 6.19. The predicted molar refractivity (Wildman–Crippen MR) is 87.4 cm³/mol. The summed E-state index contributed by atoms with van der Waals surface area (Å²) in [4.78, 5) is 26.7. The summed E-state index contributed by atoms with van der Waals surface area (Å²) in [5.74, 6) is -0.557. The molecule has 9 heteroatoms. The zero-order chi connectivity index (χ0) is 16.1. The van der Waals surface area contributed by atoms with E-state index in [9.17, 15) is 14.7 Å². The van der Waals surface area contributed by atoms with Gasteiger partial charge in [0.25, 0.3) is 5.56 Å². The first-order valence-corrected chi connectivity index (χ1v) is 6.60. The molecule has 0 aliphatic heterocycles. The van der Waals surface area contributed by atoms with Crippen molar-refractivity contribution in [2.45, 2.75) is 6.92 Å². The molecule has 8 nitrogen and oxygen atoms in total. The number of aromatic hydroxyl groups is 1. The summed E-state index contributed by atoms with van der Waals surface area (Å²) in [6.45, 7) is 1.49. The number of hydrogen-bond acceptors (Lipinski definition) is 5. The number of rotatable bonds is 3. The number of hydrazone groups is 1. The van der Waals surface area contributed by atoms with Gasteiger partial charge in [-0.25, -0.2) is 4.79 Å². The minimum atomic E-state index is -0.798. The van der Waals surface area contributed by atoms with Crippen molar-refractivity contribution in [3.05, 3.63) is 56.7 Å². The fourth-order valence-corrected chi connectivity index (χ4v) is 1.84. The van der Waals surface area contributed by atoms with Crippen LogP contribution in [0.25, 0.3) is 0 Å².